The zero-order chi connectivity index (χ0) is 12.7. The number of fused-ring (bicyclic) bond motifs is 2. The predicted octanol–water partition coefficient (Wildman–Crippen LogP) is -0.850. The van der Waals surface area contributed by atoms with Crippen molar-refractivity contribution in [2.24, 2.45) is 20.0 Å². The molecule has 2 heterocycles. The van der Waals surface area contributed by atoms with Crippen LogP contribution in [0.15, 0.2) is 68.5 Å². The first kappa shape index (κ1) is 10.9. The van der Waals surface area contributed by atoms with E-state index in [1.54, 1.807) is 0 Å². The van der Waals surface area contributed by atoms with Crippen LogP contribution in [0.25, 0.3) is 0 Å². The van der Waals surface area contributed by atoms with Gasteiger partial charge in [-0.15, -0.1) is 0 Å². The van der Waals surface area contributed by atoms with Gasteiger partial charge in [-0.25, -0.2) is 0 Å². The van der Waals surface area contributed by atoms with E-state index in [1.807, 2.05) is 48.5 Å². The van der Waals surface area contributed by atoms with E-state index in [1.165, 1.54) is 0 Å². The summed E-state index contributed by atoms with van der Waals surface area (Å²) in [6, 6.07) is 15.8. The molecule has 0 aromatic heterocycles. The summed E-state index contributed by atoms with van der Waals surface area (Å²) < 4.78 is 1.65. The molecule has 0 radical (unpaired) electrons. The van der Waals surface area contributed by atoms with Crippen LogP contribution < -0.4 is 21.4 Å². The summed E-state index contributed by atoms with van der Waals surface area (Å²) in [5.74, 6) is 0. The Bertz CT molecular complexity index is 845. The van der Waals surface area contributed by atoms with Crippen molar-refractivity contribution in [3.05, 3.63) is 70.0 Å². The molecule has 4 nitrogen and oxygen atoms in total. The van der Waals surface area contributed by atoms with Crippen molar-refractivity contribution < 1.29 is 17.1 Å². The molecule has 2 aromatic rings. The molecule has 94 valence electrons. The molecule has 0 amide bonds. The van der Waals surface area contributed by atoms with Gasteiger partial charge in [-0.2, -0.15) is 0 Å². The van der Waals surface area contributed by atoms with Crippen molar-refractivity contribution in [1.29, 1.82) is 0 Å². The molecule has 0 N–H and O–H groups in total. The fraction of sp³-hybridized carbons (Fsp3) is 0. The van der Waals surface area contributed by atoms with E-state index in [4.69, 9.17) is 0 Å². The average molecular weight is 339 g/mol. The monoisotopic (exact) mass is 338 g/mol. The van der Waals surface area contributed by atoms with Crippen LogP contribution in [0.5, 0.6) is 0 Å². The molecule has 0 saturated carbocycles. The van der Waals surface area contributed by atoms with Gasteiger partial charge in [-0.1, -0.05) is 0 Å². The Morgan fingerprint density at radius 3 is 1.16 bits per heavy atom. The Morgan fingerprint density at radius 2 is 0.842 bits per heavy atom. The van der Waals surface area contributed by atoms with Crippen molar-refractivity contribution >= 4 is 8.46 Å². The van der Waals surface area contributed by atoms with Gasteiger partial charge in [0.2, 0.25) is 0 Å². The Kier molecular flexibility index (Phi) is 2.47. The van der Waals surface area contributed by atoms with Crippen molar-refractivity contribution in [3.63, 3.8) is 0 Å². The fourth-order valence-corrected chi connectivity index (χ4v) is 3.27. The van der Waals surface area contributed by atoms with Crippen LogP contribution >= 0.6 is 0 Å². The molecule has 4 rings (SSSR count). The third kappa shape index (κ3) is 1.97. The minimum atomic E-state index is 0.0797. The molecule has 2 aromatic carbocycles. The quantitative estimate of drug-likeness (QED) is 0.562. The third-order valence-electron chi connectivity index (χ3n) is 2.73. The number of nitrogens with zero attached hydrogens (tertiary/aromatic N) is 4. The van der Waals surface area contributed by atoms with Gasteiger partial charge in [-0.3, -0.25) is 0 Å². The summed E-state index contributed by atoms with van der Waals surface area (Å²) in [6.45, 7) is 0. The molecule has 2 aliphatic heterocycles. The molecule has 0 spiro atoms. The van der Waals surface area contributed by atoms with E-state index in [-0.39, 0.29) is 17.1 Å². The van der Waals surface area contributed by atoms with Gasteiger partial charge in [-0.05, 0) is 0 Å². The predicted molar refractivity (Wildman–Crippen MR) is 67.5 cm³/mol. The maximum absolute atomic E-state index is 4.51. The molecule has 0 aliphatic carbocycles. The summed E-state index contributed by atoms with van der Waals surface area (Å²) >= 11 is 0.0797. The summed E-state index contributed by atoms with van der Waals surface area (Å²) in [4.78, 5) is 18.0. The number of benzene rings is 2. The van der Waals surface area contributed by atoms with E-state index in [0.29, 0.717) is 0 Å². The number of hydrogen-bond donors (Lipinski definition) is 0. The number of rotatable bonds is 0. The molecule has 0 atom stereocenters. The average Bonchev–Trinajstić information content (AvgIpc) is 3.00. The van der Waals surface area contributed by atoms with Gasteiger partial charge in [0.05, 0.1) is 0 Å². The van der Waals surface area contributed by atoms with E-state index in [2.05, 4.69) is 20.0 Å². The van der Waals surface area contributed by atoms with Crippen LogP contribution in [0, 0.1) is 0 Å². The van der Waals surface area contributed by atoms with Crippen LogP contribution in [-0.4, -0.2) is 8.46 Å². The Labute approximate surface area is 115 Å². The SMILES string of the molecule is c1ccc2c(c1)=N[C](=[Pd]=[C]1N=c3ccccc3=N1)N=2. The maximum atomic E-state index is 4.51. The zero-order valence-corrected chi connectivity index (χ0v) is 11.3. The van der Waals surface area contributed by atoms with Crippen molar-refractivity contribution in [2.75, 3.05) is 0 Å². The summed E-state index contributed by atoms with van der Waals surface area (Å²) in [5, 5.41) is 3.75. The zero-order valence-electron chi connectivity index (χ0n) is 9.72. The molecule has 0 bridgehead atoms. The van der Waals surface area contributed by atoms with E-state index in [0.717, 1.165) is 29.9 Å². The molecule has 19 heavy (non-hydrogen) atoms. The number of hydrogen-bond acceptors (Lipinski definition) is 4. The second-order valence-corrected chi connectivity index (χ2v) is 5.77. The topological polar surface area (TPSA) is 49.4 Å². The standard InChI is InChI=1S/2C7H4N2.Pd/c2*1-2-4-7-6(3-1)8-5-9-7;/h2*1-4H;. The van der Waals surface area contributed by atoms with Crippen molar-refractivity contribution in [3.8, 4) is 0 Å². The minimum absolute atomic E-state index is 0.0797. The van der Waals surface area contributed by atoms with Crippen LogP contribution in [0.4, 0.5) is 0 Å². The van der Waals surface area contributed by atoms with E-state index >= 15 is 0 Å². The fourth-order valence-electron chi connectivity index (χ4n) is 1.86. The normalized spacial score (nSPS) is 15.2. The first-order valence-corrected chi connectivity index (χ1v) is 7.31. The van der Waals surface area contributed by atoms with Gasteiger partial charge in [0.15, 0.2) is 0 Å². The second kappa shape index (κ2) is 4.30. The molecule has 5 heteroatoms. The van der Waals surface area contributed by atoms with Crippen molar-refractivity contribution in [1.82, 2.24) is 0 Å². The van der Waals surface area contributed by atoms with Gasteiger partial charge in [0, 0.05) is 0 Å². The van der Waals surface area contributed by atoms with Crippen LogP contribution in [0.1, 0.15) is 0 Å². The molecule has 0 unspecified atom stereocenters. The molecular weight excluding hydrogens is 331 g/mol. The molecule has 0 saturated heterocycles. The van der Waals surface area contributed by atoms with Gasteiger partial charge >= 0.3 is 115 Å². The summed E-state index contributed by atoms with van der Waals surface area (Å²) in [7, 11) is 0. The summed E-state index contributed by atoms with van der Waals surface area (Å²) in [5.41, 5.74) is 0. The first-order chi connectivity index (χ1) is 9.38. The molecular formula is C14H8N4Pd. The van der Waals surface area contributed by atoms with E-state index in [9.17, 15) is 0 Å². The van der Waals surface area contributed by atoms with Gasteiger partial charge in [0.1, 0.15) is 0 Å². The first-order valence-electron chi connectivity index (χ1n) is 5.76. The van der Waals surface area contributed by atoms with Crippen LogP contribution in [-0.2, 0) is 17.1 Å². The Morgan fingerprint density at radius 1 is 0.526 bits per heavy atom. The van der Waals surface area contributed by atoms with Gasteiger partial charge in [0.25, 0.3) is 0 Å². The van der Waals surface area contributed by atoms with Crippen LogP contribution in [0.3, 0.4) is 0 Å². The molecule has 0 fully saturated rings. The Hall–Kier alpha value is -1.96. The van der Waals surface area contributed by atoms with E-state index < -0.39 is 0 Å². The van der Waals surface area contributed by atoms with Crippen LogP contribution in [0.2, 0.25) is 0 Å². The summed E-state index contributed by atoms with van der Waals surface area (Å²) in [6.07, 6.45) is 0. The van der Waals surface area contributed by atoms with Crippen molar-refractivity contribution in [2.45, 2.75) is 0 Å². The third-order valence-corrected chi connectivity index (χ3v) is 4.12. The molecule has 2 aliphatic rings. The second-order valence-electron chi connectivity index (χ2n) is 3.99. The Balaban J connectivity index is 1.94. The number of para-hydroxylation sites is 4. The van der Waals surface area contributed by atoms with Gasteiger partial charge < -0.3 is 0 Å².